The molecule has 41 heavy (non-hydrogen) atoms. The van der Waals surface area contributed by atoms with Crippen LogP contribution in [-0.2, 0) is 26.2 Å². The number of carbonyl (C=O) groups excluding carboxylic acids is 2. The summed E-state index contributed by atoms with van der Waals surface area (Å²) in [4.78, 5) is 29.1. The maximum absolute atomic E-state index is 14.2. The summed E-state index contributed by atoms with van der Waals surface area (Å²) < 4.78 is 34.3. The molecule has 0 radical (unpaired) electrons. The van der Waals surface area contributed by atoms with E-state index in [9.17, 15) is 18.0 Å². The first-order valence-corrected chi connectivity index (χ1v) is 15.1. The Morgan fingerprint density at radius 1 is 0.927 bits per heavy atom. The van der Waals surface area contributed by atoms with Crippen molar-refractivity contribution in [3.8, 4) is 5.75 Å². The van der Waals surface area contributed by atoms with E-state index in [1.165, 1.54) is 24.1 Å². The van der Waals surface area contributed by atoms with E-state index in [1.807, 2.05) is 65.8 Å². The zero-order valence-electron chi connectivity index (χ0n) is 25.0. The summed E-state index contributed by atoms with van der Waals surface area (Å²) in [5.41, 5.74) is 2.58. The quantitative estimate of drug-likeness (QED) is 0.336. The molecule has 1 N–H and O–H groups in total. The van der Waals surface area contributed by atoms with Crippen LogP contribution in [0.2, 0.25) is 0 Å². The fourth-order valence-electron chi connectivity index (χ4n) is 4.49. The molecule has 8 nitrogen and oxygen atoms in total. The van der Waals surface area contributed by atoms with Crippen molar-refractivity contribution < 1.29 is 22.7 Å². The standard InChI is InChI=1S/C32H41N3O5S/c1-8-29(31(37)33-32(4,5)6)34(21-25-11-9-10-24(3)20-25)30(36)22-35(26-14-16-27(40-7)17-15-26)41(38,39)28-18-12-23(2)13-19-28/h9-20,29H,8,21-22H2,1-7H3,(H,33,37)/t29-/m1/s1. The highest BCUT2D eigenvalue weighted by atomic mass is 32.2. The van der Waals surface area contributed by atoms with Gasteiger partial charge in [0.05, 0.1) is 17.7 Å². The lowest BCUT2D eigenvalue weighted by Crippen LogP contribution is -2.55. The van der Waals surface area contributed by atoms with E-state index in [0.29, 0.717) is 17.9 Å². The molecule has 0 fully saturated rings. The molecule has 2 amide bonds. The van der Waals surface area contributed by atoms with Crippen LogP contribution in [-0.4, -0.2) is 50.4 Å². The SMILES string of the molecule is CC[C@H](C(=O)NC(C)(C)C)N(Cc1cccc(C)c1)C(=O)CN(c1ccc(OC)cc1)S(=O)(=O)c1ccc(C)cc1. The summed E-state index contributed by atoms with van der Waals surface area (Å²) in [6.07, 6.45) is 0.354. The number of ether oxygens (including phenoxy) is 1. The van der Waals surface area contributed by atoms with Crippen LogP contribution in [0.25, 0.3) is 0 Å². The van der Waals surface area contributed by atoms with E-state index in [1.54, 1.807) is 36.4 Å². The average molecular weight is 580 g/mol. The van der Waals surface area contributed by atoms with Gasteiger partial charge in [-0.2, -0.15) is 0 Å². The number of hydrogen-bond donors (Lipinski definition) is 1. The predicted octanol–water partition coefficient (Wildman–Crippen LogP) is 5.23. The number of amides is 2. The van der Waals surface area contributed by atoms with Crippen LogP contribution in [0.3, 0.4) is 0 Å². The van der Waals surface area contributed by atoms with Crippen molar-refractivity contribution >= 4 is 27.5 Å². The number of anilines is 1. The topological polar surface area (TPSA) is 96.0 Å². The van der Waals surface area contributed by atoms with Crippen molar-refractivity contribution in [3.63, 3.8) is 0 Å². The van der Waals surface area contributed by atoms with Gasteiger partial charge in [-0.15, -0.1) is 0 Å². The Morgan fingerprint density at radius 3 is 2.10 bits per heavy atom. The van der Waals surface area contributed by atoms with Crippen molar-refractivity contribution in [1.82, 2.24) is 10.2 Å². The zero-order chi connectivity index (χ0) is 30.4. The molecule has 3 aromatic carbocycles. The van der Waals surface area contributed by atoms with Crippen molar-refractivity contribution in [1.29, 1.82) is 0 Å². The summed E-state index contributed by atoms with van der Waals surface area (Å²) in [6, 6.07) is 19.9. The van der Waals surface area contributed by atoms with Gasteiger partial charge < -0.3 is 15.0 Å². The van der Waals surface area contributed by atoms with E-state index in [4.69, 9.17) is 4.74 Å². The van der Waals surface area contributed by atoms with E-state index in [0.717, 1.165) is 21.0 Å². The fourth-order valence-corrected chi connectivity index (χ4v) is 5.91. The number of nitrogens with one attached hydrogen (secondary N) is 1. The molecule has 0 aliphatic carbocycles. The molecule has 3 aromatic rings. The molecular formula is C32H41N3O5S. The lowest BCUT2D eigenvalue weighted by Gasteiger charge is -2.35. The van der Waals surface area contributed by atoms with Crippen LogP contribution in [0.15, 0.2) is 77.7 Å². The van der Waals surface area contributed by atoms with Crippen LogP contribution in [0, 0.1) is 13.8 Å². The van der Waals surface area contributed by atoms with Crippen molar-refractivity contribution in [2.75, 3.05) is 18.0 Å². The number of benzene rings is 3. The largest absolute Gasteiger partial charge is 0.497 e. The molecule has 1 atom stereocenters. The van der Waals surface area contributed by atoms with Gasteiger partial charge in [0.2, 0.25) is 11.8 Å². The Hall–Kier alpha value is -3.85. The molecular weight excluding hydrogens is 538 g/mol. The summed E-state index contributed by atoms with van der Waals surface area (Å²) in [6.45, 7) is 11.0. The van der Waals surface area contributed by atoms with Crippen molar-refractivity contribution in [3.05, 3.63) is 89.5 Å². The van der Waals surface area contributed by atoms with Gasteiger partial charge in [-0.1, -0.05) is 54.4 Å². The highest BCUT2D eigenvalue weighted by molar-refractivity contribution is 7.92. The van der Waals surface area contributed by atoms with E-state index in [-0.39, 0.29) is 17.3 Å². The molecule has 0 heterocycles. The number of aryl methyl sites for hydroxylation is 2. The van der Waals surface area contributed by atoms with Gasteiger partial charge >= 0.3 is 0 Å². The number of rotatable bonds is 11. The van der Waals surface area contributed by atoms with Crippen molar-refractivity contribution in [2.45, 2.75) is 71.0 Å². The molecule has 0 bridgehead atoms. The van der Waals surface area contributed by atoms with Gasteiger partial charge in [0.25, 0.3) is 10.0 Å². The Balaban J connectivity index is 2.08. The zero-order valence-corrected chi connectivity index (χ0v) is 25.8. The normalized spacial score (nSPS) is 12.4. The third-order valence-electron chi connectivity index (χ3n) is 6.57. The molecule has 0 aliphatic heterocycles. The van der Waals surface area contributed by atoms with Gasteiger partial charge in [-0.3, -0.25) is 13.9 Å². The van der Waals surface area contributed by atoms with Gasteiger partial charge in [-0.05, 0) is 83.0 Å². The number of sulfonamides is 1. The maximum atomic E-state index is 14.2. The average Bonchev–Trinajstić information content (AvgIpc) is 2.90. The molecule has 9 heteroatoms. The number of carbonyl (C=O) groups is 2. The Morgan fingerprint density at radius 2 is 1.56 bits per heavy atom. The van der Waals surface area contributed by atoms with E-state index in [2.05, 4.69) is 5.32 Å². The van der Waals surface area contributed by atoms with Crippen LogP contribution in [0.1, 0.15) is 50.8 Å². The minimum atomic E-state index is -4.14. The van der Waals surface area contributed by atoms with Gasteiger partial charge in [0, 0.05) is 12.1 Å². The number of methoxy groups -OCH3 is 1. The molecule has 0 saturated heterocycles. The first-order valence-electron chi connectivity index (χ1n) is 13.7. The van der Waals surface area contributed by atoms with Crippen LogP contribution in [0.5, 0.6) is 5.75 Å². The van der Waals surface area contributed by atoms with E-state index >= 15 is 0 Å². The Bertz CT molecular complexity index is 1450. The molecule has 0 aromatic heterocycles. The first-order chi connectivity index (χ1) is 19.2. The second kappa shape index (κ2) is 13.2. The van der Waals surface area contributed by atoms with Crippen LogP contribution >= 0.6 is 0 Å². The smallest absolute Gasteiger partial charge is 0.264 e. The molecule has 0 unspecified atom stereocenters. The second-order valence-electron chi connectivity index (χ2n) is 11.2. The Labute approximate surface area is 244 Å². The monoisotopic (exact) mass is 579 g/mol. The molecule has 0 saturated carbocycles. The lowest BCUT2D eigenvalue weighted by molar-refractivity contribution is -0.141. The number of nitrogens with zero attached hydrogens (tertiary/aromatic N) is 2. The minimum absolute atomic E-state index is 0.0643. The fraction of sp³-hybridized carbons (Fsp3) is 0.375. The molecule has 3 rings (SSSR count). The van der Waals surface area contributed by atoms with E-state index < -0.39 is 34.1 Å². The molecule has 220 valence electrons. The third kappa shape index (κ3) is 8.33. The minimum Gasteiger partial charge on any atom is -0.497 e. The maximum Gasteiger partial charge on any atom is 0.264 e. The summed E-state index contributed by atoms with van der Waals surface area (Å²) >= 11 is 0. The van der Waals surface area contributed by atoms with Crippen LogP contribution < -0.4 is 14.4 Å². The predicted molar refractivity (Wildman–Crippen MR) is 162 cm³/mol. The first kappa shape index (κ1) is 31.7. The summed E-state index contributed by atoms with van der Waals surface area (Å²) in [7, 11) is -2.61. The molecule has 0 spiro atoms. The third-order valence-corrected chi connectivity index (χ3v) is 8.36. The highest BCUT2D eigenvalue weighted by Crippen LogP contribution is 2.27. The van der Waals surface area contributed by atoms with Gasteiger partial charge in [0.1, 0.15) is 18.3 Å². The Kier molecular flexibility index (Phi) is 10.2. The molecule has 0 aliphatic rings. The van der Waals surface area contributed by atoms with Gasteiger partial charge in [0.15, 0.2) is 0 Å². The van der Waals surface area contributed by atoms with Gasteiger partial charge in [-0.25, -0.2) is 8.42 Å². The number of hydrogen-bond acceptors (Lipinski definition) is 5. The lowest BCUT2D eigenvalue weighted by atomic mass is 10.0. The second-order valence-corrected chi connectivity index (χ2v) is 13.1. The van der Waals surface area contributed by atoms with Crippen molar-refractivity contribution in [2.24, 2.45) is 0 Å². The summed E-state index contributed by atoms with van der Waals surface area (Å²) in [5.74, 6) is -0.231. The summed E-state index contributed by atoms with van der Waals surface area (Å²) in [5, 5.41) is 2.98. The highest BCUT2D eigenvalue weighted by Gasteiger charge is 2.34. The van der Waals surface area contributed by atoms with Crippen LogP contribution in [0.4, 0.5) is 5.69 Å².